The minimum atomic E-state index is -0.401. The Hall–Kier alpha value is -0.610. The Balaban J connectivity index is 2.00. The summed E-state index contributed by atoms with van der Waals surface area (Å²) in [6.45, 7) is 5.89. The van der Waals surface area contributed by atoms with E-state index >= 15 is 0 Å². The molecule has 0 N–H and O–H groups in total. The summed E-state index contributed by atoms with van der Waals surface area (Å²) in [5.74, 6) is -0.0614. The molecule has 2 unspecified atom stereocenters. The topological polar surface area (TPSA) is 44.8 Å². The van der Waals surface area contributed by atoms with Gasteiger partial charge in [-0.3, -0.25) is 4.79 Å². The maximum atomic E-state index is 12.1. The van der Waals surface area contributed by atoms with Crippen molar-refractivity contribution in [2.24, 2.45) is 11.8 Å². The minimum Gasteiger partial charge on any atom is -0.466 e. The summed E-state index contributed by atoms with van der Waals surface area (Å²) in [6.07, 6.45) is 5.86. The lowest BCUT2D eigenvalue weighted by atomic mass is 9.74. The molecule has 1 saturated carbocycles. The molecular weight excluding hydrogens is 244 g/mol. The van der Waals surface area contributed by atoms with Crippen LogP contribution >= 0.6 is 0 Å². The molecule has 1 aliphatic carbocycles. The predicted molar refractivity (Wildman–Crippen MR) is 71.6 cm³/mol. The average molecular weight is 270 g/mol. The van der Waals surface area contributed by atoms with Crippen LogP contribution in [0.25, 0.3) is 0 Å². The van der Waals surface area contributed by atoms with Crippen LogP contribution in [-0.4, -0.2) is 31.6 Å². The first-order chi connectivity index (χ1) is 9.21. The molecule has 0 aromatic carbocycles. The third-order valence-electron chi connectivity index (χ3n) is 4.31. The molecule has 1 heterocycles. The van der Waals surface area contributed by atoms with Gasteiger partial charge in [-0.25, -0.2) is 0 Å². The maximum Gasteiger partial charge on any atom is 0.309 e. The Bertz CT molecular complexity index is 297. The van der Waals surface area contributed by atoms with Crippen molar-refractivity contribution in [1.29, 1.82) is 0 Å². The fraction of sp³-hybridized carbons (Fsp3) is 0.933. The monoisotopic (exact) mass is 270 g/mol. The van der Waals surface area contributed by atoms with Crippen LogP contribution in [0.15, 0.2) is 0 Å². The van der Waals surface area contributed by atoms with Gasteiger partial charge >= 0.3 is 5.97 Å². The molecule has 2 aliphatic rings. The molecule has 19 heavy (non-hydrogen) atoms. The lowest BCUT2D eigenvalue weighted by Crippen LogP contribution is -2.43. The lowest BCUT2D eigenvalue weighted by molar-refractivity contribution is -0.200. The van der Waals surface area contributed by atoms with Gasteiger partial charge in [0.15, 0.2) is 5.79 Å². The van der Waals surface area contributed by atoms with E-state index in [0.717, 1.165) is 38.5 Å². The summed E-state index contributed by atoms with van der Waals surface area (Å²) in [5.41, 5.74) is 0. The van der Waals surface area contributed by atoms with Crippen molar-refractivity contribution >= 4 is 5.97 Å². The normalized spacial score (nSPS) is 29.6. The molecule has 0 bridgehead atoms. The Morgan fingerprint density at radius 2 is 2.05 bits per heavy atom. The molecule has 0 aromatic rings. The molecule has 0 aromatic heterocycles. The first-order valence-electron chi connectivity index (χ1n) is 7.65. The van der Waals surface area contributed by atoms with Crippen molar-refractivity contribution in [1.82, 2.24) is 0 Å². The highest BCUT2D eigenvalue weighted by atomic mass is 16.7. The molecule has 1 aliphatic heterocycles. The Morgan fingerprint density at radius 1 is 1.32 bits per heavy atom. The molecule has 2 rings (SSSR count). The summed E-state index contributed by atoms with van der Waals surface area (Å²) in [6, 6.07) is 0. The van der Waals surface area contributed by atoms with Crippen LogP contribution in [0.4, 0.5) is 0 Å². The van der Waals surface area contributed by atoms with Crippen molar-refractivity contribution in [3.05, 3.63) is 0 Å². The van der Waals surface area contributed by atoms with Crippen molar-refractivity contribution in [2.75, 3.05) is 19.8 Å². The summed E-state index contributed by atoms with van der Waals surface area (Å²) in [7, 11) is 0. The molecular formula is C15H26O4. The molecule has 4 heteroatoms. The zero-order chi connectivity index (χ0) is 13.7. The van der Waals surface area contributed by atoms with Gasteiger partial charge in [0, 0.05) is 12.8 Å². The lowest BCUT2D eigenvalue weighted by Gasteiger charge is -2.40. The van der Waals surface area contributed by atoms with Gasteiger partial charge in [0.25, 0.3) is 0 Å². The van der Waals surface area contributed by atoms with Crippen molar-refractivity contribution in [2.45, 2.75) is 58.2 Å². The first kappa shape index (κ1) is 14.8. The van der Waals surface area contributed by atoms with E-state index in [2.05, 4.69) is 6.92 Å². The molecule has 110 valence electrons. The molecule has 0 radical (unpaired) electrons. The van der Waals surface area contributed by atoms with Crippen LogP contribution in [0.3, 0.4) is 0 Å². The first-order valence-corrected chi connectivity index (χ1v) is 7.65. The molecule has 1 spiro atoms. The van der Waals surface area contributed by atoms with Gasteiger partial charge in [0.2, 0.25) is 0 Å². The number of carbonyl (C=O) groups is 1. The summed E-state index contributed by atoms with van der Waals surface area (Å²) < 4.78 is 16.8. The highest BCUT2D eigenvalue weighted by molar-refractivity contribution is 5.73. The highest BCUT2D eigenvalue weighted by Crippen LogP contribution is 2.44. The van der Waals surface area contributed by atoms with E-state index in [0.29, 0.717) is 25.7 Å². The van der Waals surface area contributed by atoms with Crippen molar-refractivity contribution in [3.8, 4) is 0 Å². The van der Waals surface area contributed by atoms with Gasteiger partial charge in [-0.1, -0.05) is 19.8 Å². The van der Waals surface area contributed by atoms with Gasteiger partial charge in [0.1, 0.15) is 0 Å². The van der Waals surface area contributed by atoms with E-state index in [1.807, 2.05) is 6.92 Å². The third kappa shape index (κ3) is 3.48. The van der Waals surface area contributed by atoms with Gasteiger partial charge in [-0.05, 0) is 25.7 Å². The van der Waals surface area contributed by atoms with Crippen molar-refractivity contribution in [3.63, 3.8) is 0 Å². The second-order valence-electron chi connectivity index (χ2n) is 5.61. The van der Waals surface area contributed by atoms with E-state index in [4.69, 9.17) is 14.2 Å². The smallest absolute Gasteiger partial charge is 0.309 e. The number of carbonyl (C=O) groups excluding carboxylic acids is 1. The number of unbranched alkanes of at least 4 members (excludes halogenated alkanes) is 1. The SMILES string of the molecule is CCCCC1CC2(CCC1C(=O)OCC)OCCO2. The predicted octanol–water partition coefficient (Wildman–Crippen LogP) is 2.90. The number of hydrogen-bond donors (Lipinski definition) is 0. The van der Waals surface area contributed by atoms with E-state index in [1.165, 1.54) is 0 Å². The molecule has 0 amide bonds. The van der Waals surface area contributed by atoms with Gasteiger partial charge in [0.05, 0.1) is 25.7 Å². The van der Waals surface area contributed by atoms with Crippen LogP contribution in [0.2, 0.25) is 0 Å². The summed E-state index contributed by atoms with van der Waals surface area (Å²) >= 11 is 0. The summed E-state index contributed by atoms with van der Waals surface area (Å²) in [4.78, 5) is 12.1. The van der Waals surface area contributed by atoms with E-state index in [-0.39, 0.29) is 11.9 Å². The molecule has 2 atom stereocenters. The zero-order valence-corrected chi connectivity index (χ0v) is 12.2. The third-order valence-corrected chi connectivity index (χ3v) is 4.31. The van der Waals surface area contributed by atoms with Gasteiger partial charge < -0.3 is 14.2 Å². The highest BCUT2D eigenvalue weighted by Gasteiger charge is 2.47. The Morgan fingerprint density at radius 3 is 2.68 bits per heavy atom. The van der Waals surface area contributed by atoms with Crippen LogP contribution in [0.1, 0.15) is 52.4 Å². The van der Waals surface area contributed by atoms with Gasteiger partial charge in [-0.15, -0.1) is 0 Å². The molecule has 4 nitrogen and oxygen atoms in total. The van der Waals surface area contributed by atoms with Crippen LogP contribution in [-0.2, 0) is 19.0 Å². The van der Waals surface area contributed by atoms with Crippen molar-refractivity contribution < 1.29 is 19.0 Å². The average Bonchev–Trinajstić information content (AvgIpc) is 2.85. The van der Waals surface area contributed by atoms with E-state index in [1.54, 1.807) is 0 Å². The molecule has 2 fully saturated rings. The van der Waals surface area contributed by atoms with Gasteiger partial charge in [-0.2, -0.15) is 0 Å². The van der Waals surface area contributed by atoms with E-state index < -0.39 is 5.79 Å². The fourth-order valence-corrected chi connectivity index (χ4v) is 3.34. The largest absolute Gasteiger partial charge is 0.466 e. The second-order valence-corrected chi connectivity index (χ2v) is 5.61. The standard InChI is InChI=1S/C15H26O4/c1-3-5-6-12-11-15(18-9-10-19-15)8-7-13(12)14(16)17-4-2/h12-13H,3-11H2,1-2H3. The quantitative estimate of drug-likeness (QED) is 0.721. The van der Waals surface area contributed by atoms with Crippen LogP contribution < -0.4 is 0 Å². The van der Waals surface area contributed by atoms with E-state index in [9.17, 15) is 4.79 Å². The number of ether oxygens (including phenoxy) is 3. The van der Waals surface area contributed by atoms with Crippen LogP contribution in [0, 0.1) is 11.8 Å². The summed E-state index contributed by atoms with van der Waals surface area (Å²) in [5, 5.41) is 0. The number of rotatable bonds is 5. The fourth-order valence-electron chi connectivity index (χ4n) is 3.34. The zero-order valence-electron chi connectivity index (χ0n) is 12.2. The number of esters is 1. The molecule has 1 saturated heterocycles. The van der Waals surface area contributed by atoms with Crippen LogP contribution in [0.5, 0.6) is 0 Å². The maximum absolute atomic E-state index is 12.1. The second kappa shape index (κ2) is 6.71. The minimum absolute atomic E-state index is 0.0311. The number of hydrogen-bond acceptors (Lipinski definition) is 4. The Kier molecular flexibility index (Phi) is 5.22. The Labute approximate surface area is 115 Å².